The number of hydrogen-bond donors (Lipinski definition) is 1. The minimum Gasteiger partial charge on any atom is -0.482 e. The van der Waals surface area contributed by atoms with E-state index in [0.717, 1.165) is 24.8 Å². The first-order valence-electron chi connectivity index (χ1n) is 14.9. The van der Waals surface area contributed by atoms with Crippen LogP contribution in [-0.2, 0) is 19.1 Å². The average molecular weight is 594 g/mol. The summed E-state index contributed by atoms with van der Waals surface area (Å²) in [5.74, 6) is -0.824. The van der Waals surface area contributed by atoms with Crippen LogP contribution in [0.5, 0.6) is 5.75 Å². The van der Waals surface area contributed by atoms with Crippen molar-refractivity contribution >= 4 is 34.7 Å². The summed E-state index contributed by atoms with van der Waals surface area (Å²) < 4.78 is 17.1. The molecule has 1 aromatic heterocycles. The van der Waals surface area contributed by atoms with Crippen LogP contribution in [0.3, 0.4) is 0 Å². The molecule has 2 aliphatic heterocycles. The molecule has 0 unspecified atom stereocenters. The molecule has 0 aliphatic carbocycles. The fraction of sp³-hybridized carbons (Fsp3) is 0.545. The molecule has 0 bridgehead atoms. The van der Waals surface area contributed by atoms with Crippen molar-refractivity contribution < 1.29 is 33.4 Å². The van der Waals surface area contributed by atoms with E-state index in [9.17, 15) is 19.2 Å². The first kappa shape index (κ1) is 32.0. The van der Waals surface area contributed by atoms with Crippen LogP contribution >= 0.6 is 0 Å². The van der Waals surface area contributed by atoms with E-state index in [1.165, 1.54) is 12.0 Å². The van der Waals surface area contributed by atoms with E-state index in [0.29, 0.717) is 40.8 Å². The number of allylic oxidation sites excluding steroid dienone is 1. The molecule has 2 amide bonds. The summed E-state index contributed by atoms with van der Waals surface area (Å²) >= 11 is 0. The molecule has 3 atom stereocenters. The van der Waals surface area contributed by atoms with E-state index >= 15 is 0 Å². The highest BCUT2D eigenvalue weighted by Gasteiger charge is 2.55. The van der Waals surface area contributed by atoms with Crippen LogP contribution in [0.15, 0.2) is 30.9 Å². The summed E-state index contributed by atoms with van der Waals surface area (Å²) in [5, 5.41) is 3.44. The van der Waals surface area contributed by atoms with Gasteiger partial charge in [0.15, 0.2) is 11.5 Å². The van der Waals surface area contributed by atoms with Crippen LogP contribution < -0.4 is 10.1 Å². The van der Waals surface area contributed by atoms with Crippen LogP contribution in [0.25, 0.3) is 10.9 Å². The van der Waals surface area contributed by atoms with Gasteiger partial charge >= 0.3 is 12.1 Å². The van der Waals surface area contributed by atoms with Crippen molar-refractivity contribution in [2.45, 2.75) is 103 Å². The second-order valence-corrected chi connectivity index (χ2v) is 12.6. The number of carbonyl (C=O) groups excluding carboxylic acids is 4. The summed E-state index contributed by atoms with van der Waals surface area (Å²) in [5.41, 5.74) is 0.816. The predicted octanol–water partition coefficient (Wildman–Crippen LogP) is 5.36. The fourth-order valence-electron chi connectivity index (χ4n) is 5.97. The largest absolute Gasteiger partial charge is 0.482 e. The highest BCUT2D eigenvalue weighted by atomic mass is 16.6. The van der Waals surface area contributed by atoms with Gasteiger partial charge in [0.05, 0.1) is 36.8 Å². The minimum absolute atomic E-state index is 0.0184. The second kappa shape index (κ2) is 12.7. The number of Topliss-reactive ketones (excluding diaryl/α,β-unsaturated/α-hetero) is 1. The van der Waals surface area contributed by atoms with Crippen LogP contribution in [0.1, 0.15) is 87.3 Å². The number of ketones is 1. The first-order valence-corrected chi connectivity index (χ1v) is 14.9. The van der Waals surface area contributed by atoms with Crippen molar-refractivity contribution in [3.8, 4) is 5.75 Å². The zero-order chi connectivity index (χ0) is 31.5. The lowest BCUT2D eigenvalue weighted by Crippen LogP contribution is -2.53. The number of likely N-dealkylation sites (tertiary alicyclic amines) is 1. The molecule has 1 spiro atoms. The van der Waals surface area contributed by atoms with Gasteiger partial charge in [-0.15, -0.1) is 6.58 Å². The third kappa shape index (κ3) is 7.17. The number of amides is 2. The van der Waals surface area contributed by atoms with Crippen molar-refractivity contribution in [2.75, 3.05) is 13.7 Å². The number of unbranched alkanes of at least 4 members (excludes halogenated alkanes) is 3. The Kier molecular flexibility index (Phi) is 9.47. The number of hydrogen-bond acceptors (Lipinski definition) is 8. The number of benzene rings is 1. The van der Waals surface area contributed by atoms with Crippen molar-refractivity contribution in [1.29, 1.82) is 0 Å². The molecular formula is C33H43N3O7. The molecule has 1 aromatic carbocycles. The summed E-state index contributed by atoms with van der Waals surface area (Å²) in [6, 6.07) is 3.81. The maximum absolute atomic E-state index is 14.1. The first-order chi connectivity index (χ1) is 20.3. The van der Waals surface area contributed by atoms with Gasteiger partial charge in [-0.3, -0.25) is 9.59 Å². The molecule has 4 rings (SSSR count). The monoisotopic (exact) mass is 593 g/mol. The van der Waals surface area contributed by atoms with Crippen LogP contribution in [0, 0.1) is 13.8 Å². The highest BCUT2D eigenvalue weighted by molar-refractivity contribution is 6.11. The molecule has 0 saturated carbocycles. The molecule has 43 heavy (non-hydrogen) atoms. The maximum Gasteiger partial charge on any atom is 0.408 e. The van der Waals surface area contributed by atoms with Crippen molar-refractivity contribution in [3.05, 3.63) is 47.7 Å². The Hall–Kier alpha value is -3.95. The van der Waals surface area contributed by atoms with Gasteiger partial charge in [0.2, 0.25) is 5.91 Å². The summed E-state index contributed by atoms with van der Waals surface area (Å²) in [6.45, 7) is 12.7. The topological polar surface area (TPSA) is 124 Å². The molecule has 2 aliphatic rings. The highest BCUT2D eigenvalue weighted by Crippen LogP contribution is 2.44. The zero-order valence-electron chi connectivity index (χ0n) is 26.1. The number of fused-ring (bicyclic) bond motifs is 3. The van der Waals surface area contributed by atoms with Crippen LogP contribution in [0.2, 0.25) is 0 Å². The third-order valence-electron chi connectivity index (χ3n) is 7.89. The van der Waals surface area contributed by atoms with Gasteiger partial charge in [0, 0.05) is 11.8 Å². The smallest absolute Gasteiger partial charge is 0.408 e. The lowest BCUT2D eigenvalue weighted by atomic mass is 9.86. The summed E-state index contributed by atoms with van der Waals surface area (Å²) in [4.78, 5) is 59.7. The second-order valence-electron chi connectivity index (χ2n) is 12.6. The lowest BCUT2D eigenvalue weighted by Gasteiger charge is -2.36. The number of rotatable bonds is 9. The standard InChI is InChI=1S/C33H43N3O7/c1-8-9-10-11-12-13-24(35-31(40)43-32(4,5)6)29(38)36-19-33(17-25(36)30(39)41-7)18-26(37)27-22-16-20(2)14-15-23(22)34-21(3)28(27)42-33/h8,14-16,24-25H,1,9-13,17-19H2,2-7H3,(H,35,40)/t24-,25-,33-/m0/s1. The van der Waals surface area contributed by atoms with Gasteiger partial charge in [-0.1, -0.05) is 30.5 Å². The molecule has 10 heteroatoms. The van der Waals surface area contributed by atoms with E-state index in [1.54, 1.807) is 27.7 Å². The van der Waals surface area contributed by atoms with Gasteiger partial charge in [-0.05, 0) is 66.0 Å². The number of aromatic nitrogens is 1. The SMILES string of the molecule is C=CCCCCC[C@H](NC(=O)OC(C)(C)C)C(=O)N1C[C@@]2(CC(=O)c3c(c(C)nc4ccc(C)cc34)O2)C[C@H]1C(=O)OC. The van der Waals surface area contributed by atoms with Crippen LogP contribution in [0.4, 0.5) is 4.79 Å². The number of ether oxygens (including phenoxy) is 3. The molecule has 1 saturated heterocycles. The lowest BCUT2D eigenvalue weighted by molar-refractivity contribution is -0.151. The molecule has 2 aromatic rings. The van der Waals surface area contributed by atoms with E-state index in [-0.39, 0.29) is 25.2 Å². The Balaban J connectivity index is 1.65. The number of nitrogens with zero attached hydrogens (tertiary/aromatic N) is 2. The molecule has 1 N–H and O–H groups in total. The van der Waals surface area contributed by atoms with Gasteiger partial charge in [-0.2, -0.15) is 0 Å². The van der Waals surface area contributed by atoms with E-state index < -0.39 is 41.3 Å². The number of esters is 1. The van der Waals surface area contributed by atoms with E-state index in [1.807, 2.05) is 31.2 Å². The van der Waals surface area contributed by atoms with Crippen molar-refractivity contribution in [2.24, 2.45) is 0 Å². The zero-order valence-corrected chi connectivity index (χ0v) is 26.1. The molecule has 10 nitrogen and oxygen atoms in total. The minimum atomic E-state index is -1.15. The number of aryl methyl sites for hydroxylation is 2. The Morgan fingerprint density at radius 1 is 1.23 bits per heavy atom. The van der Waals surface area contributed by atoms with E-state index in [2.05, 4.69) is 16.9 Å². The summed E-state index contributed by atoms with van der Waals surface area (Å²) in [7, 11) is 1.26. The van der Waals surface area contributed by atoms with Crippen molar-refractivity contribution in [3.63, 3.8) is 0 Å². The molecular weight excluding hydrogens is 550 g/mol. The quantitative estimate of drug-likeness (QED) is 0.234. The molecule has 0 radical (unpaired) electrons. The Morgan fingerprint density at radius 3 is 2.65 bits per heavy atom. The number of carbonyl (C=O) groups is 4. The van der Waals surface area contributed by atoms with Gasteiger partial charge in [0.1, 0.15) is 23.3 Å². The Morgan fingerprint density at radius 2 is 1.98 bits per heavy atom. The molecule has 3 heterocycles. The Bertz CT molecular complexity index is 1430. The predicted molar refractivity (Wildman–Crippen MR) is 162 cm³/mol. The van der Waals surface area contributed by atoms with Gasteiger partial charge in [0.25, 0.3) is 0 Å². The number of methoxy groups -OCH3 is 1. The number of nitrogens with one attached hydrogen (secondary N) is 1. The molecule has 1 fully saturated rings. The average Bonchev–Trinajstić information content (AvgIpc) is 3.29. The van der Waals surface area contributed by atoms with Crippen molar-refractivity contribution in [1.82, 2.24) is 15.2 Å². The number of alkyl carbamates (subject to hydrolysis) is 1. The van der Waals surface area contributed by atoms with Gasteiger partial charge < -0.3 is 24.4 Å². The maximum atomic E-state index is 14.1. The normalized spacial score (nSPS) is 20.4. The summed E-state index contributed by atoms with van der Waals surface area (Å²) in [6.07, 6.45) is 4.79. The molecule has 232 valence electrons. The van der Waals surface area contributed by atoms with E-state index in [4.69, 9.17) is 14.2 Å². The Labute approximate surface area is 253 Å². The number of pyridine rings is 1. The van der Waals surface area contributed by atoms with Crippen LogP contribution in [-0.4, -0.2) is 70.6 Å². The fourth-order valence-corrected chi connectivity index (χ4v) is 5.97. The third-order valence-corrected chi connectivity index (χ3v) is 7.89. The van der Waals surface area contributed by atoms with Gasteiger partial charge in [-0.25, -0.2) is 14.6 Å².